The number of nitrogens with zero attached hydrogens (tertiary/aromatic N) is 2. The van der Waals surface area contributed by atoms with Crippen LogP contribution in [0.2, 0.25) is 0 Å². The van der Waals surface area contributed by atoms with Gasteiger partial charge in [-0.15, -0.1) is 11.3 Å². The average Bonchev–Trinajstić information content (AvgIpc) is 3.06. The van der Waals surface area contributed by atoms with E-state index in [1.807, 2.05) is 12.1 Å². The Labute approximate surface area is 192 Å². The van der Waals surface area contributed by atoms with Gasteiger partial charge in [0.1, 0.15) is 28.5 Å². The van der Waals surface area contributed by atoms with Crippen LogP contribution in [0, 0.1) is 29.6 Å². The topological polar surface area (TPSA) is 109 Å². The summed E-state index contributed by atoms with van der Waals surface area (Å²) in [7, 11) is 2.98. The van der Waals surface area contributed by atoms with Gasteiger partial charge in [-0.2, -0.15) is 10.5 Å². The molecule has 0 unspecified atom stereocenters. The van der Waals surface area contributed by atoms with E-state index < -0.39 is 11.8 Å². The predicted molar refractivity (Wildman–Crippen MR) is 119 cm³/mol. The van der Waals surface area contributed by atoms with Crippen molar-refractivity contribution in [3.63, 3.8) is 0 Å². The molecule has 9 heteroatoms. The first-order chi connectivity index (χ1) is 14.8. The molecule has 1 aromatic carbocycles. The van der Waals surface area contributed by atoms with E-state index in [1.54, 1.807) is 26.0 Å². The number of methoxy groups -OCH3 is 2. The standard InChI is InChI=1S/C22H19BrN2O5S/c1-5-30-22(27)21-12(2)15(11-25)20(31-21)8-17(26)14(10-24)6-13-7-16(23)19(29-4)9-18(13)28-3/h6-7,9H,5,8H2,1-4H3/b14-6+. The van der Waals surface area contributed by atoms with Gasteiger partial charge in [0, 0.05) is 22.9 Å². The van der Waals surface area contributed by atoms with Crippen molar-refractivity contribution in [3.8, 4) is 23.6 Å². The zero-order valence-corrected chi connectivity index (χ0v) is 19.8. The zero-order valence-electron chi connectivity index (χ0n) is 17.4. The Morgan fingerprint density at radius 2 is 1.87 bits per heavy atom. The molecule has 0 bridgehead atoms. The van der Waals surface area contributed by atoms with Crippen LogP contribution in [0.4, 0.5) is 0 Å². The number of Topliss-reactive ketones (excluding diaryl/α,β-unsaturated/α-hetero) is 1. The fourth-order valence-corrected chi connectivity index (χ4v) is 4.47. The number of hydrogen-bond acceptors (Lipinski definition) is 8. The van der Waals surface area contributed by atoms with Gasteiger partial charge in [-0.3, -0.25) is 4.79 Å². The molecule has 0 atom stereocenters. The van der Waals surface area contributed by atoms with Gasteiger partial charge in [-0.05, 0) is 47.5 Å². The monoisotopic (exact) mass is 502 g/mol. The number of benzene rings is 1. The maximum atomic E-state index is 12.9. The molecule has 2 rings (SSSR count). The number of carbonyl (C=O) groups is 2. The second-order valence-electron chi connectivity index (χ2n) is 6.19. The van der Waals surface area contributed by atoms with E-state index in [0.29, 0.717) is 32.0 Å². The number of rotatable bonds is 8. The molecule has 0 aliphatic rings. The summed E-state index contributed by atoms with van der Waals surface area (Å²) in [6, 6.07) is 7.27. The minimum absolute atomic E-state index is 0.108. The highest BCUT2D eigenvalue weighted by Crippen LogP contribution is 2.34. The third kappa shape index (κ3) is 5.32. The van der Waals surface area contributed by atoms with Crippen LogP contribution >= 0.6 is 27.3 Å². The fraction of sp³-hybridized carbons (Fsp3) is 0.273. The lowest BCUT2D eigenvalue weighted by molar-refractivity contribution is -0.114. The van der Waals surface area contributed by atoms with Gasteiger partial charge in [-0.25, -0.2) is 4.79 Å². The summed E-state index contributed by atoms with van der Waals surface area (Å²) < 4.78 is 16.2. The summed E-state index contributed by atoms with van der Waals surface area (Å²) in [5, 5.41) is 19.1. The van der Waals surface area contributed by atoms with Crippen molar-refractivity contribution in [1.82, 2.24) is 0 Å². The van der Waals surface area contributed by atoms with Crippen molar-refractivity contribution >= 4 is 45.1 Å². The number of allylic oxidation sites excluding steroid dienone is 1. The number of halogens is 1. The summed E-state index contributed by atoms with van der Waals surface area (Å²) in [5.74, 6) is -0.0540. The molecule has 0 radical (unpaired) electrons. The van der Waals surface area contributed by atoms with E-state index >= 15 is 0 Å². The van der Waals surface area contributed by atoms with Crippen molar-refractivity contribution < 1.29 is 23.8 Å². The first kappa shape index (κ1) is 24.1. The van der Waals surface area contributed by atoms with Crippen LogP contribution in [0.3, 0.4) is 0 Å². The number of ketones is 1. The molecular formula is C22H19BrN2O5S. The van der Waals surface area contributed by atoms with Crippen LogP contribution in [0.15, 0.2) is 22.2 Å². The van der Waals surface area contributed by atoms with Crippen LogP contribution < -0.4 is 9.47 Å². The summed E-state index contributed by atoms with van der Waals surface area (Å²) in [6.45, 7) is 3.52. The van der Waals surface area contributed by atoms with Gasteiger partial charge >= 0.3 is 5.97 Å². The Hall–Kier alpha value is -3.14. The molecule has 0 aliphatic carbocycles. The quantitative estimate of drug-likeness (QED) is 0.294. The van der Waals surface area contributed by atoms with Crippen LogP contribution in [-0.4, -0.2) is 32.6 Å². The van der Waals surface area contributed by atoms with E-state index in [-0.39, 0.29) is 29.0 Å². The average molecular weight is 503 g/mol. The smallest absolute Gasteiger partial charge is 0.348 e. The number of esters is 1. The van der Waals surface area contributed by atoms with Gasteiger partial charge in [-0.1, -0.05) is 0 Å². The normalized spacial score (nSPS) is 10.7. The van der Waals surface area contributed by atoms with Crippen molar-refractivity contribution in [2.24, 2.45) is 0 Å². The highest BCUT2D eigenvalue weighted by Gasteiger charge is 2.23. The molecule has 0 saturated carbocycles. The summed E-state index contributed by atoms with van der Waals surface area (Å²) in [5.41, 5.74) is 1.12. The Kier molecular flexibility index (Phi) is 8.38. The molecule has 31 heavy (non-hydrogen) atoms. The SMILES string of the molecule is CCOC(=O)c1sc(CC(=O)/C(C#N)=C/c2cc(Br)c(OC)cc2OC)c(C#N)c1C. The maximum absolute atomic E-state index is 12.9. The molecule has 0 fully saturated rings. The maximum Gasteiger partial charge on any atom is 0.348 e. The van der Waals surface area contributed by atoms with Gasteiger partial charge in [0.2, 0.25) is 0 Å². The van der Waals surface area contributed by atoms with Crippen LogP contribution in [0.25, 0.3) is 6.08 Å². The number of ether oxygens (including phenoxy) is 3. The molecule has 1 heterocycles. The minimum atomic E-state index is -0.538. The van der Waals surface area contributed by atoms with E-state index in [9.17, 15) is 20.1 Å². The highest BCUT2D eigenvalue weighted by atomic mass is 79.9. The van der Waals surface area contributed by atoms with Crippen molar-refractivity contribution in [2.75, 3.05) is 20.8 Å². The molecule has 160 valence electrons. The number of hydrogen-bond donors (Lipinski definition) is 0. The second-order valence-corrected chi connectivity index (χ2v) is 8.14. The molecule has 7 nitrogen and oxygen atoms in total. The highest BCUT2D eigenvalue weighted by molar-refractivity contribution is 9.10. The lowest BCUT2D eigenvalue weighted by Gasteiger charge is -2.10. The third-order valence-electron chi connectivity index (χ3n) is 4.34. The first-order valence-corrected chi connectivity index (χ1v) is 10.7. The largest absolute Gasteiger partial charge is 0.496 e. The number of nitriles is 2. The first-order valence-electron chi connectivity index (χ1n) is 9.07. The molecule has 1 aromatic heterocycles. The lowest BCUT2D eigenvalue weighted by Crippen LogP contribution is -2.05. The van der Waals surface area contributed by atoms with Crippen molar-refractivity contribution in [2.45, 2.75) is 20.3 Å². The Morgan fingerprint density at radius 3 is 2.42 bits per heavy atom. The molecule has 0 aliphatic heterocycles. The predicted octanol–water partition coefficient (Wildman–Crippen LogP) is 4.60. The summed E-state index contributed by atoms with van der Waals surface area (Å²) in [6.07, 6.45) is 1.23. The Morgan fingerprint density at radius 1 is 1.19 bits per heavy atom. The molecule has 0 amide bonds. The Balaban J connectivity index is 2.42. The van der Waals surface area contributed by atoms with Gasteiger partial charge in [0.15, 0.2) is 5.78 Å². The second kappa shape index (κ2) is 10.8. The van der Waals surface area contributed by atoms with Crippen LogP contribution in [0.5, 0.6) is 11.5 Å². The van der Waals surface area contributed by atoms with Gasteiger partial charge in [0.05, 0.1) is 36.4 Å². The Bertz CT molecular complexity index is 1140. The number of thiophene rings is 1. The molecule has 2 aromatic rings. The van der Waals surface area contributed by atoms with E-state index in [2.05, 4.69) is 15.9 Å². The molecular weight excluding hydrogens is 484 g/mol. The van der Waals surface area contributed by atoms with Crippen LogP contribution in [0.1, 0.15) is 38.2 Å². The van der Waals surface area contributed by atoms with E-state index in [0.717, 1.165) is 11.3 Å². The number of carbonyl (C=O) groups excluding carboxylic acids is 2. The summed E-state index contributed by atoms with van der Waals surface area (Å²) >= 11 is 4.41. The minimum Gasteiger partial charge on any atom is -0.496 e. The fourth-order valence-electron chi connectivity index (χ4n) is 2.80. The zero-order chi connectivity index (χ0) is 23.1. The molecule has 0 N–H and O–H groups in total. The van der Waals surface area contributed by atoms with Crippen molar-refractivity contribution in [1.29, 1.82) is 10.5 Å². The van der Waals surface area contributed by atoms with E-state index in [4.69, 9.17) is 14.2 Å². The molecule has 0 saturated heterocycles. The van der Waals surface area contributed by atoms with Crippen LogP contribution in [-0.2, 0) is 16.0 Å². The molecule has 0 spiro atoms. The van der Waals surface area contributed by atoms with E-state index in [1.165, 1.54) is 20.3 Å². The third-order valence-corrected chi connectivity index (χ3v) is 6.23. The lowest BCUT2D eigenvalue weighted by atomic mass is 10.0. The van der Waals surface area contributed by atoms with Crippen molar-refractivity contribution in [3.05, 3.63) is 48.6 Å². The van der Waals surface area contributed by atoms with Gasteiger partial charge < -0.3 is 14.2 Å². The summed E-state index contributed by atoms with van der Waals surface area (Å²) in [4.78, 5) is 25.7. The van der Waals surface area contributed by atoms with Gasteiger partial charge in [0.25, 0.3) is 0 Å².